The van der Waals surface area contributed by atoms with Crippen molar-refractivity contribution in [2.75, 3.05) is 11.9 Å². The normalized spacial score (nSPS) is 20.6. The van der Waals surface area contributed by atoms with E-state index in [2.05, 4.69) is 31.2 Å². The number of rotatable bonds is 7. The van der Waals surface area contributed by atoms with Crippen LogP contribution >= 0.6 is 0 Å². The number of hydrogen-bond acceptors (Lipinski definition) is 7. The maximum Gasteiger partial charge on any atom is 0.339 e. The lowest BCUT2D eigenvalue weighted by atomic mass is 9.75. The van der Waals surface area contributed by atoms with Crippen LogP contribution in [0.2, 0.25) is 0 Å². The number of ether oxygens (including phenoxy) is 2. The minimum absolute atomic E-state index is 0.0625. The van der Waals surface area contributed by atoms with Crippen LogP contribution in [-0.4, -0.2) is 35.7 Å². The van der Waals surface area contributed by atoms with Gasteiger partial charge in [0.15, 0.2) is 12.4 Å². The highest BCUT2D eigenvalue weighted by atomic mass is 16.5. The van der Waals surface area contributed by atoms with Crippen LogP contribution < -0.4 is 5.32 Å². The average molecular weight is 443 g/mol. The summed E-state index contributed by atoms with van der Waals surface area (Å²) in [6.07, 6.45) is 2.76. The first-order valence-electron chi connectivity index (χ1n) is 10.9. The Kier molecular flexibility index (Phi) is 7.66. The topological polar surface area (TPSA) is 108 Å². The van der Waals surface area contributed by atoms with Gasteiger partial charge in [0.05, 0.1) is 11.1 Å². The largest absolute Gasteiger partial charge is 0.458 e. The molecule has 0 radical (unpaired) electrons. The molecule has 3 atom stereocenters. The molecule has 1 heterocycles. The zero-order chi connectivity index (χ0) is 23.3. The molecule has 8 heteroatoms. The number of carbonyl (C=O) groups excluding carboxylic acids is 3. The highest BCUT2D eigenvalue weighted by Gasteiger charge is 2.34. The molecule has 0 aliphatic heterocycles. The van der Waals surface area contributed by atoms with Gasteiger partial charge in [0.1, 0.15) is 11.9 Å². The second kappa shape index (κ2) is 10.4. The summed E-state index contributed by atoms with van der Waals surface area (Å²) >= 11 is 0. The molecule has 8 nitrogen and oxygen atoms in total. The van der Waals surface area contributed by atoms with Gasteiger partial charge in [-0.3, -0.25) is 4.79 Å². The number of aryl methyl sites for hydroxylation is 1. The zero-order valence-corrected chi connectivity index (χ0v) is 18.9. The minimum atomic E-state index is -0.776. The number of esters is 2. The maximum atomic E-state index is 13.0. The van der Waals surface area contributed by atoms with E-state index in [-0.39, 0.29) is 29.0 Å². The van der Waals surface area contributed by atoms with Crippen molar-refractivity contribution in [3.63, 3.8) is 0 Å². The van der Waals surface area contributed by atoms with Gasteiger partial charge < -0.3 is 19.3 Å². The Morgan fingerprint density at radius 2 is 1.84 bits per heavy atom. The second-order valence-corrected chi connectivity index (χ2v) is 8.76. The number of carbonyl (C=O) groups is 3. The molecule has 0 bridgehead atoms. The molecule has 3 rings (SSSR count). The second-order valence-electron chi connectivity index (χ2n) is 8.76. The van der Waals surface area contributed by atoms with Crippen molar-refractivity contribution in [2.45, 2.75) is 53.1 Å². The van der Waals surface area contributed by atoms with Gasteiger partial charge in [-0.05, 0) is 49.7 Å². The fourth-order valence-electron chi connectivity index (χ4n) is 4.10. The molecule has 0 unspecified atom stereocenters. The van der Waals surface area contributed by atoms with Crippen LogP contribution in [0.3, 0.4) is 0 Å². The van der Waals surface area contributed by atoms with E-state index in [1.807, 2.05) is 0 Å². The summed E-state index contributed by atoms with van der Waals surface area (Å²) in [5, 5.41) is 6.12. The Bertz CT molecular complexity index is 967. The summed E-state index contributed by atoms with van der Waals surface area (Å²) in [7, 11) is 0. The molecular formula is C24H30N2O6. The summed E-state index contributed by atoms with van der Waals surface area (Å²) in [5.41, 5.74) is 0.193. The molecule has 1 N–H and O–H groups in total. The SMILES string of the molecule is Cc1cc(NC(=O)COC(=O)c2ccccc2C(=O)O[C@@H]2C[C@@H](C)CC[C@H]2C(C)C)no1. The molecule has 1 fully saturated rings. The number of nitrogens with one attached hydrogen (secondary N) is 1. The first-order valence-corrected chi connectivity index (χ1v) is 10.9. The van der Waals surface area contributed by atoms with Crippen LogP contribution in [0, 0.1) is 24.7 Å². The highest BCUT2D eigenvalue weighted by Crippen LogP contribution is 2.35. The van der Waals surface area contributed by atoms with Crippen molar-refractivity contribution in [2.24, 2.45) is 17.8 Å². The molecule has 1 aliphatic rings. The summed E-state index contributed by atoms with van der Waals surface area (Å²) in [4.78, 5) is 37.6. The lowest BCUT2D eigenvalue weighted by Gasteiger charge is -2.36. The van der Waals surface area contributed by atoms with E-state index >= 15 is 0 Å². The molecule has 172 valence electrons. The van der Waals surface area contributed by atoms with Gasteiger partial charge in [-0.15, -0.1) is 0 Å². The minimum Gasteiger partial charge on any atom is -0.458 e. The Labute approximate surface area is 187 Å². The van der Waals surface area contributed by atoms with E-state index in [4.69, 9.17) is 14.0 Å². The molecule has 32 heavy (non-hydrogen) atoms. The fourth-order valence-corrected chi connectivity index (χ4v) is 4.10. The van der Waals surface area contributed by atoms with E-state index in [9.17, 15) is 14.4 Å². The van der Waals surface area contributed by atoms with Gasteiger partial charge in [0.2, 0.25) is 0 Å². The third kappa shape index (κ3) is 5.96. The van der Waals surface area contributed by atoms with Crippen LogP contribution in [0.5, 0.6) is 0 Å². The first kappa shape index (κ1) is 23.5. The van der Waals surface area contributed by atoms with Crippen LogP contribution in [0.25, 0.3) is 0 Å². The molecule has 1 aliphatic carbocycles. The van der Waals surface area contributed by atoms with Crippen molar-refractivity contribution in [1.82, 2.24) is 5.16 Å². The third-order valence-corrected chi connectivity index (χ3v) is 5.82. The highest BCUT2D eigenvalue weighted by molar-refractivity contribution is 6.04. The number of anilines is 1. The molecule has 2 aromatic rings. The Morgan fingerprint density at radius 3 is 2.47 bits per heavy atom. The molecule has 0 saturated heterocycles. The summed E-state index contributed by atoms with van der Waals surface area (Å²) in [5.74, 6) is 0.0420. The van der Waals surface area contributed by atoms with Gasteiger partial charge in [-0.25, -0.2) is 9.59 Å². The number of amides is 1. The molecule has 0 spiro atoms. The van der Waals surface area contributed by atoms with Gasteiger partial charge >= 0.3 is 11.9 Å². The molecule has 1 aromatic carbocycles. The monoisotopic (exact) mass is 442 g/mol. The van der Waals surface area contributed by atoms with Crippen molar-refractivity contribution in [1.29, 1.82) is 0 Å². The van der Waals surface area contributed by atoms with Crippen molar-refractivity contribution >= 4 is 23.7 Å². The molecule has 1 amide bonds. The predicted molar refractivity (Wildman–Crippen MR) is 117 cm³/mol. The van der Waals surface area contributed by atoms with Gasteiger partial charge in [-0.2, -0.15) is 0 Å². The van der Waals surface area contributed by atoms with Gasteiger partial charge in [0.25, 0.3) is 5.91 Å². The van der Waals surface area contributed by atoms with Gasteiger partial charge in [-0.1, -0.05) is 44.5 Å². The standard InChI is InChI=1S/C24H30N2O6/c1-14(2)17-10-9-15(3)11-20(17)31-24(29)19-8-6-5-7-18(19)23(28)30-13-22(27)25-21-12-16(4)32-26-21/h5-8,12,14-15,17,20H,9-11,13H2,1-4H3,(H,25,26,27)/t15-,17-,20+/m0/s1. The zero-order valence-electron chi connectivity index (χ0n) is 18.9. The van der Waals surface area contributed by atoms with E-state index in [0.717, 1.165) is 19.3 Å². The van der Waals surface area contributed by atoms with E-state index in [1.54, 1.807) is 25.1 Å². The van der Waals surface area contributed by atoms with E-state index < -0.39 is 24.5 Å². The van der Waals surface area contributed by atoms with Crippen LogP contribution in [0.15, 0.2) is 34.9 Å². The number of benzene rings is 1. The third-order valence-electron chi connectivity index (χ3n) is 5.82. The van der Waals surface area contributed by atoms with Crippen molar-refractivity contribution in [3.05, 3.63) is 47.2 Å². The number of aromatic nitrogens is 1. The van der Waals surface area contributed by atoms with E-state index in [1.165, 1.54) is 12.1 Å². The van der Waals surface area contributed by atoms with Crippen LogP contribution in [-0.2, 0) is 14.3 Å². The maximum absolute atomic E-state index is 13.0. The fraction of sp³-hybridized carbons (Fsp3) is 0.500. The quantitative estimate of drug-likeness (QED) is 0.633. The Hall–Kier alpha value is -3.16. The molecule has 1 aromatic heterocycles. The molecule has 1 saturated carbocycles. The summed E-state index contributed by atoms with van der Waals surface area (Å²) in [6, 6.07) is 7.86. The Morgan fingerprint density at radius 1 is 1.16 bits per heavy atom. The van der Waals surface area contributed by atoms with Gasteiger partial charge in [0, 0.05) is 6.07 Å². The predicted octanol–water partition coefficient (Wildman–Crippen LogP) is 4.40. The van der Waals surface area contributed by atoms with Crippen LogP contribution in [0.4, 0.5) is 5.82 Å². The summed E-state index contributed by atoms with van der Waals surface area (Å²) in [6.45, 7) is 7.60. The lowest BCUT2D eigenvalue weighted by Crippen LogP contribution is -2.36. The lowest BCUT2D eigenvalue weighted by molar-refractivity contribution is -0.119. The van der Waals surface area contributed by atoms with Crippen molar-refractivity contribution in [3.8, 4) is 0 Å². The smallest absolute Gasteiger partial charge is 0.339 e. The average Bonchev–Trinajstić information content (AvgIpc) is 3.16. The molecular weight excluding hydrogens is 412 g/mol. The Balaban J connectivity index is 1.64. The van der Waals surface area contributed by atoms with Crippen molar-refractivity contribution < 1.29 is 28.4 Å². The summed E-state index contributed by atoms with van der Waals surface area (Å²) < 4.78 is 15.9. The van der Waals surface area contributed by atoms with E-state index in [0.29, 0.717) is 17.6 Å². The van der Waals surface area contributed by atoms with Crippen LogP contribution in [0.1, 0.15) is 66.5 Å². The first-order chi connectivity index (χ1) is 15.2. The number of nitrogens with zero attached hydrogens (tertiary/aromatic N) is 1. The number of hydrogen-bond donors (Lipinski definition) is 1.